The summed E-state index contributed by atoms with van der Waals surface area (Å²) in [5.74, 6) is 0. The molecule has 1 aromatic carbocycles. The van der Waals surface area contributed by atoms with Crippen LogP contribution in [0.25, 0.3) is 12.7 Å². The van der Waals surface area contributed by atoms with Crippen molar-refractivity contribution in [1.82, 2.24) is 4.98 Å². The van der Waals surface area contributed by atoms with Crippen LogP contribution in [0.5, 0.6) is 0 Å². The molecule has 0 unspecified atom stereocenters. The van der Waals surface area contributed by atoms with E-state index in [1.807, 2.05) is 24.3 Å². The monoisotopic (exact) mass is 215 g/mol. The Morgan fingerprint density at radius 3 is 2.56 bits per heavy atom. The van der Waals surface area contributed by atoms with Crippen molar-refractivity contribution < 1.29 is 4.42 Å². The van der Waals surface area contributed by atoms with E-state index in [2.05, 4.69) is 18.5 Å². The second kappa shape index (κ2) is 4.23. The highest BCUT2D eigenvalue weighted by Crippen LogP contribution is 2.04. The molecule has 0 spiro atoms. The van der Waals surface area contributed by atoms with Crippen LogP contribution in [0.2, 0.25) is 0 Å². The third-order valence-corrected chi connectivity index (χ3v) is 2.41. The molecule has 0 aliphatic heterocycles. The third kappa shape index (κ3) is 2.14. The fraction of sp³-hybridized carbons (Fsp3) is 0.154. The highest BCUT2D eigenvalue weighted by Gasteiger charge is 1.95. The summed E-state index contributed by atoms with van der Waals surface area (Å²) in [6.07, 6.45) is 2.76. The van der Waals surface area contributed by atoms with Crippen LogP contribution in [0.1, 0.15) is 18.1 Å². The molecular formula is C13H13NO2. The second-order valence-electron chi connectivity index (χ2n) is 3.59. The van der Waals surface area contributed by atoms with Gasteiger partial charge in [-0.15, -0.1) is 0 Å². The fourth-order valence-corrected chi connectivity index (χ4v) is 1.50. The topological polar surface area (TPSA) is 46.0 Å². The van der Waals surface area contributed by atoms with Crippen LogP contribution < -0.4 is 16.5 Å². The van der Waals surface area contributed by atoms with Gasteiger partial charge in [-0.25, -0.2) is 4.79 Å². The van der Waals surface area contributed by atoms with Crippen LogP contribution in [0.4, 0.5) is 0 Å². The predicted octanol–water partition coefficient (Wildman–Crippen LogP) is 0.769. The van der Waals surface area contributed by atoms with Gasteiger partial charge in [-0.1, -0.05) is 31.2 Å². The van der Waals surface area contributed by atoms with E-state index in [1.165, 1.54) is 5.56 Å². The maximum Gasteiger partial charge on any atom is 0.361 e. The number of benzene rings is 1. The number of aryl methyl sites for hydroxylation is 1. The first-order valence-corrected chi connectivity index (χ1v) is 5.18. The number of aromatic nitrogens is 1. The number of H-pyrrole nitrogens is 1. The summed E-state index contributed by atoms with van der Waals surface area (Å²) >= 11 is 0. The molecule has 0 radical (unpaired) electrons. The van der Waals surface area contributed by atoms with Crippen LogP contribution in [-0.2, 0) is 6.42 Å². The highest BCUT2D eigenvalue weighted by atomic mass is 16.4. The Labute approximate surface area is 92.7 Å². The lowest BCUT2D eigenvalue weighted by molar-refractivity contribution is 0.488. The summed E-state index contributed by atoms with van der Waals surface area (Å²) < 4.78 is 4.78. The molecular weight excluding hydrogens is 202 g/mol. The van der Waals surface area contributed by atoms with Gasteiger partial charge in [-0.3, -0.25) is 0 Å². The molecule has 1 aromatic heterocycles. The first-order chi connectivity index (χ1) is 7.69. The number of rotatable bonds is 2. The maximum atomic E-state index is 11.3. The van der Waals surface area contributed by atoms with E-state index in [0.29, 0.717) is 5.35 Å². The molecule has 3 heteroatoms. The zero-order chi connectivity index (χ0) is 11.5. The average Bonchev–Trinajstić information content (AvgIpc) is 2.59. The van der Waals surface area contributed by atoms with Gasteiger partial charge in [0, 0.05) is 0 Å². The van der Waals surface area contributed by atoms with Crippen LogP contribution in [0.15, 0.2) is 33.5 Å². The summed E-state index contributed by atoms with van der Waals surface area (Å²) in [5, 5.41) is 0.425. The van der Waals surface area contributed by atoms with Gasteiger partial charge in [0.15, 0.2) is 5.55 Å². The van der Waals surface area contributed by atoms with Gasteiger partial charge in [-0.2, -0.15) is 0 Å². The Morgan fingerprint density at radius 2 is 2.06 bits per heavy atom. The van der Waals surface area contributed by atoms with Gasteiger partial charge in [0.2, 0.25) is 0 Å². The minimum Gasteiger partial charge on any atom is -0.405 e. The molecule has 16 heavy (non-hydrogen) atoms. The number of hydrogen-bond acceptors (Lipinski definition) is 2. The van der Waals surface area contributed by atoms with Gasteiger partial charge >= 0.3 is 5.63 Å². The predicted molar refractivity (Wildman–Crippen MR) is 63.5 cm³/mol. The first-order valence-electron chi connectivity index (χ1n) is 5.18. The van der Waals surface area contributed by atoms with E-state index in [1.54, 1.807) is 6.08 Å². The van der Waals surface area contributed by atoms with E-state index in [4.69, 9.17) is 4.42 Å². The van der Waals surface area contributed by atoms with Crippen molar-refractivity contribution in [3.63, 3.8) is 0 Å². The first kappa shape index (κ1) is 10.5. The number of oxazole rings is 1. The van der Waals surface area contributed by atoms with Gasteiger partial charge in [0.1, 0.15) is 5.35 Å². The molecule has 0 saturated heterocycles. The summed E-state index contributed by atoms with van der Waals surface area (Å²) in [6.45, 7) is 5.63. The largest absolute Gasteiger partial charge is 0.405 e. The van der Waals surface area contributed by atoms with E-state index >= 15 is 0 Å². The molecule has 2 rings (SSSR count). The summed E-state index contributed by atoms with van der Waals surface area (Å²) in [5.41, 5.74) is 2.13. The molecule has 0 bridgehead atoms. The maximum absolute atomic E-state index is 11.3. The molecule has 1 N–H and O–H groups in total. The van der Waals surface area contributed by atoms with E-state index in [0.717, 1.165) is 12.0 Å². The second-order valence-corrected chi connectivity index (χ2v) is 3.59. The normalized spacial score (nSPS) is 11.9. The Hall–Kier alpha value is -2.03. The van der Waals surface area contributed by atoms with Gasteiger partial charge in [0.05, 0.1) is 0 Å². The lowest BCUT2D eigenvalue weighted by Crippen LogP contribution is -2.20. The number of aromatic amines is 1. The minimum atomic E-state index is -0.385. The van der Waals surface area contributed by atoms with Crippen molar-refractivity contribution >= 4 is 12.7 Å². The molecule has 3 nitrogen and oxygen atoms in total. The summed E-state index contributed by atoms with van der Waals surface area (Å²) in [4.78, 5) is 14.1. The molecule has 0 amide bonds. The minimum absolute atomic E-state index is 0.279. The lowest BCUT2D eigenvalue weighted by atomic mass is 10.1. The van der Waals surface area contributed by atoms with Crippen LogP contribution in [0, 0.1) is 0 Å². The quantitative estimate of drug-likeness (QED) is 0.804. The molecule has 0 saturated carbocycles. The van der Waals surface area contributed by atoms with Gasteiger partial charge in [-0.05, 0) is 30.2 Å². The average molecular weight is 215 g/mol. The van der Waals surface area contributed by atoms with E-state index in [9.17, 15) is 4.79 Å². The Kier molecular flexibility index (Phi) is 2.77. The smallest absolute Gasteiger partial charge is 0.361 e. The summed E-state index contributed by atoms with van der Waals surface area (Å²) in [6, 6.07) is 8.03. The standard InChI is InChI=1S/C13H13NO2/c1-3-10-4-6-11(7-5-10)8-12-13(15)16-9(2)14-12/h4-8,14H,2-3H2,1H3. The van der Waals surface area contributed by atoms with Crippen molar-refractivity contribution in [3.05, 3.63) is 56.7 Å². The Bertz CT molecular complexity index is 632. The van der Waals surface area contributed by atoms with Crippen LogP contribution >= 0.6 is 0 Å². The lowest BCUT2D eigenvalue weighted by Gasteiger charge is -1.95. The highest BCUT2D eigenvalue weighted by molar-refractivity contribution is 5.48. The van der Waals surface area contributed by atoms with Gasteiger partial charge < -0.3 is 9.40 Å². The number of hydrogen-bond donors (Lipinski definition) is 1. The van der Waals surface area contributed by atoms with Crippen molar-refractivity contribution in [2.45, 2.75) is 13.3 Å². The number of nitrogens with one attached hydrogen (secondary N) is 1. The van der Waals surface area contributed by atoms with Crippen LogP contribution in [0.3, 0.4) is 0 Å². The van der Waals surface area contributed by atoms with E-state index in [-0.39, 0.29) is 11.2 Å². The van der Waals surface area contributed by atoms with E-state index < -0.39 is 0 Å². The van der Waals surface area contributed by atoms with Crippen molar-refractivity contribution in [1.29, 1.82) is 0 Å². The Balaban J connectivity index is 2.46. The Morgan fingerprint density at radius 1 is 1.38 bits per heavy atom. The van der Waals surface area contributed by atoms with Crippen molar-refractivity contribution in [3.8, 4) is 0 Å². The molecule has 0 fully saturated rings. The molecule has 82 valence electrons. The fourth-order valence-electron chi connectivity index (χ4n) is 1.50. The molecule has 1 heterocycles. The van der Waals surface area contributed by atoms with Crippen molar-refractivity contribution in [2.24, 2.45) is 0 Å². The summed E-state index contributed by atoms with van der Waals surface area (Å²) in [7, 11) is 0. The van der Waals surface area contributed by atoms with Crippen molar-refractivity contribution in [2.75, 3.05) is 0 Å². The SMILES string of the molecule is C=c1[nH]c(=Cc2ccc(CC)cc2)c(=O)o1. The zero-order valence-electron chi connectivity index (χ0n) is 9.12. The molecule has 0 atom stereocenters. The third-order valence-electron chi connectivity index (χ3n) is 2.41. The molecule has 2 aromatic rings. The van der Waals surface area contributed by atoms with Gasteiger partial charge in [0.25, 0.3) is 0 Å². The molecule has 0 aliphatic rings. The molecule has 0 aliphatic carbocycles. The van der Waals surface area contributed by atoms with Crippen LogP contribution in [-0.4, -0.2) is 4.98 Å². The zero-order valence-corrected chi connectivity index (χ0v) is 9.12.